The molecule has 0 radical (unpaired) electrons. The largest absolute Gasteiger partial charge is 0.377 e. The Bertz CT molecular complexity index is 371. The molecule has 0 saturated heterocycles. The van der Waals surface area contributed by atoms with Crippen LogP contribution in [0.4, 0.5) is 0 Å². The molecule has 0 aliphatic rings. The van der Waals surface area contributed by atoms with Crippen molar-refractivity contribution in [3.05, 3.63) is 33.2 Å². The molecule has 0 aromatic carbocycles. The number of pyridine rings is 1. The van der Waals surface area contributed by atoms with E-state index >= 15 is 0 Å². The average Bonchev–Trinajstić information content (AvgIpc) is 2.10. The molecule has 0 aliphatic heterocycles. The normalized spacial score (nSPS) is 11.7. The molecule has 0 N–H and O–H groups in total. The second-order valence-corrected chi connectivity index (χ2v) is 4.69. The molecule has 4 heteroatoms. The molecule has 0 aliphatic carbocycles. The van der Waals surface area contributed by atoms with Gasteiger partial charge in [-0.15, -0.1) is 0 Å². The molecule has 1 rings (SSSR count). The predicted molar refractivity (Wildman–Crippen MR) is 59.5 cm³/mol. The molecule has 1 heterocycles. The highest BCUT2D eigenvalue weighted by atomic mass is 79.9. The topological polar surface area (TPSA) is 31.2 Å². The average molecular weight is 260 g/mol. The lowest BCUT2D eigenvalue weighted by Gasteiger charge is -2.23. The van der Waals surface area contributed by atoms with Gasteiger partial charge in [0.25, 0.3) is 5.56 Å². The molecule has 0 spiro atoms. The van der Waals surface area contributed by atoms with Crippen molar-refractivity contribution in [1.82, 2.24) is 4.57 Å². The van der Waals surface area contributed by atoms with Gasteiger partial charge in [0.2, 0.25) is 0 Å². The van der Waals surface area contributed by atoms with E-state index in [1.165, 1.54) is 0 Å². The van der Waals surface area contributed by atoms with Crippen LogP contribution in [0.3, 0.4) is 0 Å². The van der Waals surface area contributed by atoms with Gasteiger partial charge in [-0.3, -0.25) is 4.79 Å². The van der Waals surface area contributed by atoms with Gasteiger partial charge in [0.1, 0.15) is 0 Å². The number of rotatable bonds is 3. The van der Waals surface area contributed by atoms with Gasteiger partial charge in [0.05, 0.1) is 12.1 Å². The van der Waals surface area contributed by atoms with Crippen molar-refractivity contribution in [1.29, 1.82) is 0 Å². The Morgan fingerprint density at radius 1 is 1.57 bits per heavy atom. The van der Waals surface area contributed by atoms with E-state index in [0.717, 1.165) is 4.47 Å². The predicted octanol–water partition coefficient (Wildman–Crippen LogP) is 2.04. The van der Waals surface area contributed by atoms with Crippen LogP contribution in [-0.4, -0.2) is 17.3 Å². The van der Waals surface area contributed by atoms with Gasteiger partial charge >= 0.3 is 0 Å². The van der Waals surface area contributed by atoms with Gasteiger partial charge in [-0.1, -0.05) is 15.9 Å². The first-order chi connectivity index (χ1) is 6.44. The number of methoxy groups -OCH3 is 1. The number of nitrogens with zero attached hydrogens (tertiary/aromatic N) is 1. The summed E-state index contributed by atoms with van der Waals surface area (Å²) in [7, 11) is 1.64. The zero-order chi connectivity index (χ0) is 10.8. The van der Waals surface area contributed by atoms with Crippen LogP contribution in [0.15, 0.2) is 27.6 Å². The van der Waals surface area contributed by atoms with Crippen LogP contribution in [0.5, 0.6) is 0 Å². The van der Waals surface area contributed by atoms with Gasteiger partial charge in [-0.25, -0.2) is 0 Å². The zero-order valence-corrected chi connectivity index (χ0v) is 10.2. The van der Waals surface area contributed by atoms with Gasteiger partial charge in [-0.05, 0) is 19.9 Å². The summed E-state index contributed by atoms with van der Waals surface area (Å²) >= 11 is 3.25. The Morgan fingerprint density at radius 2 is 2.21 bits per heavy atom. The number of aromatic nitrogens is 1. The fourth-order valence-electron chi connectivity index (χ4n) is 1.09. The van der Waals surface area contributed by atoms with Crippen molar-refractivity contribution in [2.75, 3.05) is 7.11 Å². The lowest BCUT2D eigenvalue weighted by atomic mass is 10.1. The van der Waals surface area contributed by atoms with E-state index in [-0.39, 0.29) is 11.2 Å². The monoisotopic (exact) mass is 259 g/mol. The maximum Gasteiger partial charge on any atom is 0.251 e. The van der Waals surface area contributed by atoms with Crippen molar-refractivity contribution in [3.8, 4) is 0 Å². The summed E-state index contributed by atoms with van der Waals surface area (Å²) in [5.74, 6) is 0. The third-order valence-electron chi connectivity index (χ3n) is 2.06. The van der Waals surface area contributed by atoms with Gasteiger partial charge in [-0.2, -0.15) is 0 Å². The van der Waals surface area contributed by atoms with E-state index in [9.17, 15) is 4.79 Å². The van der Waals surface area contributed by atoms with E-state index in [0.29, 0.717) is 6.54 Å². The van der Waals surface area contributed by atoms with E-state index in [4.69, 9.17) is 4.74 Å². The van der Waals surface area contributed by atoms with Crippen LogP contribution in [0.2, 0.25) is 0 Å². The minimum Gasteiger partial charge on any atom is -0.377 e. The highest BCUT2D eigenvalue weighted by molar-refractivity contribution is 9.10. The van der Waals surface area contributed by atoms with Gasteiger partial charge in [0, 0.05) is 23.8 Å². The Balaban J connectivity index is 2.93. The Kier molecular flexibility index (Phi) is 3.50. The first-order valence-corrected chi connectivity index (χ1v) is 5.15. The molecular formula is C10H14BrNO2. The first kappa shape index (κ1) is 11.5. The molecule has 0 atom stereocenters. The summed E-state index contributed by atoms with van der Waals surface area (Å²) in [6.45, 7) is 4.44. The van der Waals surface area contributed by atoms with E-state index in [1.54, 1.807) is 23.9 Å². The second kappa shape index (κ2) is 4.28. The van der Waals surface area contributed by atoms with Crippen LogP contribution in [0, 0.1) is 0 Å². The summed E-state index contributed by atoms with van der Waals surface area (Å²) in [5.41, 5.74) is -0.345. The van der Waals surface area contributed by atoms with Crippen LogP contribution in [-0.2, 0) is 11.3 Å². The van der Waals surface area contributed by atoms with Crippen molar-refractivity contribution in [3.63, 3.8) is 0 Å². The molecular weight excluding hydrogens is 246 g/mol. The smallest absolute Gasteiger partial charge is 0.251 e. The molecule has 3 nitrogen and oxygen atoms in total. The van der Waals surface area contributed by atoms with Crippen molar-refractivity contribution < 1.29 is 4.74 Å². The van der Waals surface area contributed by atoms with Gasteiger partial charge < -0.3 is 9.30 Å². The summed E-state index contributed by atoms with van der Waals surface area (Å²) in [4.78, 5) is 11.5. The summed E-state index contributed by atoms with van der Waals surface area (Å²) in [5, 5.41) is 0. The SMILES string of the molecule is COC(C)(C)Cn1ccc(Br)cc1=O. The number of ether oxygens (including phenoxy) is 1. The van der Waals surface area contributed by atoms with Crippen molar-refractivity contribution in [2.45, 2.75) is 26.0 Å². The summed E-state index contributed by atoms with van der Waals surface area (Å²) < 4.78 is 7.69. The standard InChI is InChI=1S/C10H14BrNO2/c1-10(2,14-3)7-12-5-4-8(11)6-9(12)13/h4-6H,7H2,1-3H3. The van der Waals surface area contributed by atoms with E-state index in [2.05, 4.69) is 15.9 Å². The zero-order valence-electron chi connectivity index (χ0n) is 8.58. The Hall–Kier alpha value is -0.610. The first-order valence-electron chi connectivity index (χ1n) is 4.36. The van der Waals surface area contributed by atoms with E-state index < -0.39 is 0 Å². The maximum atomic E-state index is 11.5. The summed E-state index contributed by atoms with van der Waals surface area (Å²) in [6.07, 6.45) is 1.76. The van der Waals surface area contributed by atoms with Crippen LogP contribution in [0.25, 0.3) is 0 Å². The fraction of sp³-hybridized carbons (Fsp3) is 0.500. The van der Waals surface area contributed by atoms with E-state index in [1.807, 2.05) is 19.9 Å². The highest BCUT2D eigenvalue weighted by Crippen LogP contribution is 2.10. The molecule has 0 fully saturated rings. The lowest BCUT2D eigenvalue weighted by Crippen LogP contribution is -2.33. The van der Waals surface area contributed by atoms with Gasteiger partial charge in [0.15, 0.2) is 0 Å². The lowest BCUT2D eigenvalue weighted by molar-refractivity contribution is 0.00737. The second-order valence-electron chi connectivity index (χ2n) is 3.77. The maximum absolute atomic E-state index is 11.5. The third kappa shape index (κ3) is 2.96. The van der Waals surface area contributed by atoms with Crippen LogP contribution in [0.1, 0.15) is 13.8 Å². The minimum atomic E-state index is -0.322. The molecule has 0 unspecified atom stereocenters. The number of hydrogen-bond acceptors (Lipinski definition) is 2. The molecule has 14 heavy (non-hydrogen) atoms. The Labute approximate surface area is 91.8 Å². The minimum absolute atomic E-state index is 0.0236. The molecule has 0 saturated carbocycles. The molecule has 1 aromatic heterocycles. The molecule has 1 aromatic rings. The summed E-state index contributed by atoms with van der Waals surface area (Å²) in [6, 6.07) is 3.39. The van der Waals surface area contributed by atoms with Crippen molar-refractivity contribution in [2.24, 2.45) is 0 Å². The number of halogens is 1. The Morgan fingerprint density at radius 3 is 2.71 bits per heavy atom. The quantitative estimate of drug-likeness (QED) is 0.832. The molecule has 0 amide bonds. The molecule has 0 bridgehead atoms. The highest BCUT2D eigenvalue weighted by Gasteiger charge is 2.17. The van der Waals surface area contributed by atoms with Crippen molar-refractivity contribution >= 4 is 15.9 Å². The third-order valence-corrected chi connectivity index (χ3v) is 2.56. The van der Waals surface area contributed by atoms with Crippen LogP contribution >= 0.6 is 15.9 Å². The fourth-order valence-corrected chi connectivity index (χ4v) is 1.40. The molecule has 78 valence electrons. The number of hydrogen-bond donors (Lipinski definition) is 0. The van der Waals surface area contributed by atoms with Crippen LogP contribution < -0.4 is 5.56 Å².